The molecule has 16 heavy (non-hydrogen) atoms. The van der Waals surface area contributed by atoms with Crippen LogP contribution in [0.3, 0.4) is 0 Å². The molecule has 0 spiro atoms. The molecule has 1 heteroatoms. The van der Waals surface area contributed by atoms with E-state index in [9.17, 15) is 0 Å². The second-order valence-corrected chi connectivity index (χ2v) is 6.55. The molecule has 1 aromatic carbocycles. The summed E-state index contributed by atoms with van der Waals surface area (Å²) in [5, 5.41) is 0. The van der Waals surface area contributed by atoms with E-state index in [1.54, 1.807) is 0 Å². The van der Waals surface area contributed by atoms with Gasteiger partial charge in [0.15, 0.2) is 0 Å². The van der Waals surface area contributed by atoms with E-state index in [2.05, 4.69) is 80.9 Å². The average molecular weight is 281 g/mol. The van der Waals surface area contributed by atoms with Crippen LogP contribution in [0.5, 0.6) is 0 Å². The van der Waals surface area contributed by atoms with E-state index in [4.69, 9.17) is 0 Å². The van der Waals surface area contributed by atoms with Gasteiger partial charge in [-0.25, -0.2) is 0 Å². The SMILES string of the molecule is CC(C)=CC(c1ccc(Br)cc1)C(C)(C)C. The highest BCUT2D eigenvalue weighted by Gasteiger charge is 2.23. The molecular weight excluding hydrogens is 260 g/mol. The van der Waals surface area contributed by atoms with E-state index >= 15 is 0 Å². The molecule has 0 heterocycles. The van der Waals surface area contributed by atoms with Crippen molar-refractivity contribution in [3.63, 3.8) is 0 Å². The second kappa shape index (κ2) is 5.18. The van der Waals surface area contributed by atoms with Crippen LogP contribution >= 0.6 is 15.9 Å². The first-order valence-corrected chi connectivity index (χ1v) is 6.50. The van der Waals surface area contributed by atoms with E-state index in [-0.39, 0.29) is 5.41 Å². The number of hydrogen-bond donors (Lipinski definition) is 0. The molecular formula is C15H21Br. The van der Waals surface area contributed by atoms with Crippen LogP contribution in [0.25, 0.3) is 0 Å². The minimum atomic E-state index is 0.255. The Bertz CT molecular complexity index is 361. The molecule has 88 valence electrons. The third-order valence-corrected chi connectivity index (χ3v) is 3.19. The van der Waals surface area contributed by atoms with E-state index in [1.807, 2.05) is 0 Å². The monoisotopic (exact) mass is 280 g/mol. The molecule has 0 aromatic heterocycles. The number of benzene rings is 1. The van der Waals surface area contributed by atoms with Crippen LogP contribution < -0.4 is 0 Å². The van der Waals surface area contributed by atoms with Crippen molar-refractivity contribution in [2.45, 2.75) is 40.5 Å². The Balaban J connectivity index is 3.12. The molecule has 0 nitrogen and oxygen atoms in total. The fourth-order valence-corrected chi connectivity index (χ4v) is 2.11. The summed E-state index contributed by atoms with van der Waals surface area (Å²) in [5.74, 6) is 0.477. The van der Waals surface area contributed by atoms with Crippen molar-refractivity contribution < 1.29 is 0 Å². The average Bonchev–Trinajstić information content (AvgIpc) is 2.14. The first-order valence-electron chi connectivity index (χ1n) is 5.71. The predicted octanol–water partition coefficient (Wildman–Crippen LogP) is 5.55. The van der Waals surface area contributed by atoms with Crippen LogP contribution in [-0.4, -0.2) is 0 Å². The predicted molar refractivity (Wildman–Crippen MR) is 75.8 cm³/mol. The van der Waals surface area contributed by atoms with Crippen LogP contribution in [-0.2, 0) is 0 Å². The lowest BCUT2D eigenvalue weighted by Gasteiger charge is -2.29. The van der Waals surface area contributed by atoms with Gasteiger partial charge in [0.25, 0.3) is 0 Å². The van der Waals surface area contributed by atoms with E-state index in [0.717, 1.165) is 4.47 Å². The summed E-state index contributed by atoms with van der Waals surface area (Å²) in [6.45, 7) is 11.2. The Morgan fingerprint density at radius 1 is 1.12 bits per heavy atom. The van der Waals surface area contributed by atoms with Gasteiger partial charge in [0, 0.05) is 10.4 Å². The number of allylic oxidation sites excluding steroid dienone is 2. The first-order chi connectivity index (χ1) is 7.30. The molecule has 1 unspecified atom stereocenters. The minimum absolute atomic E-state index is 0.255. The first kappa shape index (κ1) is 13.5. The van der Waals surface area contributed by atoms with Crippen molar-refractivity contribution in [1.82, 2.24) is 0 Å². The van der Waals surface area contributed by atoms with Gasteiger partial charge in [0.2, 0.25) is 0 Å². The molecule has 0 aliphatic heterocycles. The Morgan fingerprint density at radius 3 is 2.00 bits per heavy atom. The molecule has 0 bridgehead atoms. The smallest absolute Gasteiger partial charge is 0.0175 e. The van der Waals surface area contributed by atoms with Gasteiger partial charge in [-0.2, -0.15) is 0 Å². The normalized spacial score (nSPS) is 13.4. The molecule has 0 aliphatic rings. The lowest BCUT2D eigenvalue weighted by molar-refractivity contribution is 0.365. The van der Waals surface area contributed by atoms with Gasteiger partial charge in [-0.1, -0.05) is 60.5 Å². The Labute approximate surface area is 108 Å². The highest BCUT2D eigenvalue weighted by molar-refractivity contribution is 9.10. The third-order valence-electron chi connectivity index (χ3n) is 2.66. The largest absolute Gasteiger partial charge is 0.0798 e. The fraction of sp³-hybridized carbons (Fsp3) is 0.467. The summed E-state index contributed by atoms with van der Waals surface area (Å²) in [7, 11) is 0. The third kappa shape index (κ3) is 3.79. The number of halogens is 1. The van der Waals surface area contributed by atoms with Crippen LogP contribution in [0.1, 0.15) is 46.1 Å². The van der Waals surface area contributed by atoms with Gasteiger partial charge in [-0.15, -0.1) is 0 Å². The summed E-state index contributed by atoms with van der Waals surface area (Å²) in [6, 6.07) is 8.65. The zero-order valence-electron chi connectivity index (χ0n) is 10.8. The topological polar surface area (TPSA) is 0 Å². The Morgan fingerprint density at radius 2 is 1.62 bits per heavy atom. The molecule has 0 saturated heterocycles. The summed E-state index contributed by atoms with van der Waals surface area (Å²) < 4.78 is 1.14. The maximum absolute atomic E-state index is 3.48. The van der Waals surface area contributed by atoms with Crippen LogP contribution in [0, 0.1) is 5.41 Å². The Kier molecular flexibility index (Phi) is 4.37. The van der Waals surface area contributed by atoms with Gasteiger partial charge in [0.05, 0.1) is 0 Å². The van der Waals surface area contributed by atoms with Crippen molar-refractivity contribution in [3.05, 3.63) is 46.0 Å². The van der Waals surface area contributed by atoms with Crippen LogP contribution in [0.4, 0.5) is 0 Å². The molecule has 1 aromatic rings. The maximum atomic E-state index is 3.48. The van der Waals surface area contributed by atoms with Gasteiger partial charge in [0.1, 0.15) is 0 Å². The molecule has 0 N–H and O–H groups in total. The molecule has 0 saturated carbocycles. The van der Waals surface area contributed by atoms with Gasteiger partial charge in [-0.3, -0.25) is 0 Å². The lowest BCUT2D eigenvalue weighted by atomic mass is 9.76. The van der Waals surface area contributed by atoms with E-state index in [0.29, 0.717) is 5.92 Å². The molecule has 1 atom stereocenters. The molecule has 0 aliphatic carbocycles. The van der Waals surface area contributed by atoms with Crippen LogP contribution in [0.15, 0.2) is 40.4 Å². The zero-order valence-corrected chi connectivity index (χ0v) is 12.4. The van der Waals surface area contributed by atoms with Crippen molar-refractivity contribution in [2.24, 2.45) is 5.41 Å². The molecule has 0 fully saturated rings. The standard InChI is InChI=1S/C15H21Br/c1-11(2)10-14(15(3,4)5)12-6-8-13(16)9-7-12/h6-10,14H,1-5H3. The van der Waals surface area contributed by atoms with Crippen molar-refractivity contribution in [2.75, 3.05) is 0 Å². The highest BCUT2D eigenvalue weighted by atomic mass is 79.9. The van der Waals surface area contributed by atoms with Crippen LogP contribution in [0.2, 0.25) is 0 Å². The highest BCUT2D eigenvalue weighted by Crippen LogP contribution is 2.37. The van der Waals surface area contributed by atoms with Gasteiger partial charge < -0.3 is 0 Å². The van der Waals surface area contributed by atoms with Crippen molar-refractivity contribution >= 4 is 15.9 Å². The van der Waals surface area contributed by atoms with Crippen molar-refractivity contribution in [3.8, 4) is 0 Å². The van der Waals surface area contributed by atoms with E-state index in [1.165, 1.54) is 11.1 Å². The molecule has 0 radical (unpaired) electrons. The quantitative estimate of drug-likeness (QED) is 0.624. The summed E-state index contributed by atoms with van der Waals surface area (Å²) in [6.07, 6.45) is 2.36. The fourth-order valence-electron chi connectivity index (χ4n) is 1.85. The number of hydrogen-bond acceptors (Lipinski definition) is 0. The summed E-state index contributed by atoms with van der Waals surface area (Å²) in [4.78, 5) is 0. The number of rotatable bonds is 2. The molecule has 0 amide bonds. The van der Waals surface area contributed by atoms with Crippen molar-refractivity contribution in [1.29, 1.82) is 0 Å². The molecule has 1 rings (SSSR count). The Hall–Kier alpha value is -0.560. The second-order valence-electron chi connectivity index (χ2n) is 5.64. The minimum Gasteiger partial charge on any atom is -0.0798 e. The maximum Gasteiger partial charge on any atom is 0.0175 e. The zero-order chi connectivity index (χ0) is 12.3. The lowest BCUT2D eigenvalue weighted by Crippen LogP contribution is -2.16. The summed E-state index contributed by atoms with van der Waals surface area (Å²) in [5.41, 5.74) is 3.02. The van der Waals surface area contributed by atoms with Gasteiger partial charge in [-0.05, 0) is 37.0 Å². The van der Waals surface area contributed by atoms with E-state index < -0.39 is 0 Å². The van der Waals surface area contributed by atoms with Gasteiger partial charge >= 0.3 is 0 Å². The summed E-state index contributed by atoms with van der Waals surface area (Å²) >= 11 is 3.48.